The molecule has 45 heavy (non-hydrogen) atoms. The number of anilines is 2. The summed E-state index contributed by atoms with van der Waals surface area (Å²) in [6, 6.07) is 57.7. The third-order valence-electron chi connectivity index (χ3n) is 8.78. The van der Waals surface area contributed by atoms with E-state index in [1.807, 2.05) is 6.07 Å². The van der Waals surface area contributed by atoms with Crippen molar-refractivity contribution in [2.45, 2.75) is 0 Å². The highest BCUT2D eigenvalue weighted by molar-refractivity contribution is 6.13. The quantitative estimate of drug-likeness (QED) is 0.221. The van der Waals surface area contributed by atoms with Crippen LogP contribution in [0.25, 0.3) is 71.7 Å². The third-order valence-corrected chi connectivity index (χ3v) is 8.78. The van der Waals surface area contributed by atoms with Gasteiger partial charge in [0.15, 0.2) is 0 Å². The van der Waals surface area contributed by atoms with Crippen LogP contribution >= 0.6 is 0 Å². The van der Waals surface area contributed by atoms with Crippen LogP contribution in [0.5, 0.6) is 0 Å². The molecule has 0 saturated heterocycles. The number of hydrogen-bond acceptors (Lipinski definition) is 2. The lowest BCUT2D eigenvalue weighted by Gasteiger charge is -2.11. The summed E-state index contributed by atoms with van der Waals surface area (Å²) < 4.78 is 8.99. The number of furan rings is 1. The molecule has 0 aliphatic rings. The van der Waals surface area contributed by atoms with Crippen molar-refractivity contribution in [1.82, 2.24) is 4.57 Å². The van der Waals surface area contributed by atoms with Crippen LogP contribution in [-0.4, -0.2) is 4.57 Å². The lowest BCUT2D eigenvalue weighted by molar-refractivity contribution is 0.671. The minimum Gasteiger partial charge on any atom is -0.455 e. The number of rotatable bonds is 5. The van der Waals surface area contributed by atoms with Crippen LogP contribution in [0.15, 0.2) is 168 Å². The molecule has 2 aromatic heterocycles. The predicted octanol–water partition coefficient (Wildman–Crippen LogP) is 11.8. The number of hydrogen-bond donors (Lipinski definition) is 1. The topological polar surface area (TPSA) is 30.1 Å². The number of nitrogens with one attached hydrogen (secondary N) is 1. The molecule has 0 saturated carbocycles. The fourth-order valence-electron chi connectivity index (χ4n) is 6.70. The van der Waals surface area contributed by atoms with Gasteiger partial charge in [-0.15, -0.1) is 0 Å². The highest BCUT2D eigenvalue weighted by atomic mass is 16.3. The van der Waals surface area contributed by atoms with Crippen molar-refractivity contribution in [2.75, 3.05) is 5.32 Å². The number of aromatic nitrogens is 1. The average molecular weight is 577 g/mol. The van der Waals surface area contributed by atoms with Gasteiger partial charge in [-0.2, -0.15) is 0 Å². The van der Waals surface area contributed by atoms with E-state index in [0.717, 1.165) is 61.3 Å². The molecule has 9 rings (SSSR count). The molecule has 0 amide bonds. The van der Waals surface area contributed by atoms with Crippen molar-refractivity contribution in [2.24, 2.45) is 0 Å². The first kappa shape index (κ1) is 25.4. The maximum Gasteiger partial charge on any atom is 0.143 e. The van der Waals surface area contributed by atoms with E-state index in [2.05, 4.69) is 168 Å². The van der Waals surface area contributed by atoms with Crippen molar-refractivity contribution in [3.63, 3.8) is 0 Å². The van der Waals surface area contributed by atoms with Gasteiger partial charge in [-0.3, -0.25) is 0 Å². The smallest absolute Gasteiger partial charge is 0.143 e. The van der Waals surface area contributed by atoms with Gasteiger partial charge in [0.05, 0.1) is 11.0 Å². The fraction of sp³-hybridized carbons (Fsp3) is 0. The molecule has 212 valence electrons. The predicted molar refractivity (Wildman–Crippen MR) is 189 cm³/mol. The Bertz CT molecular complexity index is 2490. The van der Waals surface area contributed by atoms with Crippen LogP contribution in [0.1, 0.15) is 0 Å². The Hall–Kier alpha value is -6.06. The van der Waals surface area contributed by atoms with Crippen molar-refractivity contribution in [1.29, 1.82) is 0 Å². The van der Waals surface area contributed by atoms with Crippen molar-refractivity contribution in [3.8, 4) is 27.9 Å². The van der Waals surface area contributed by atoms with Gasteiger partial charge in [-0.1, -0.05) is 121 Å². The molecule has 9 aromatic rings. The number of fused-ring (bicyclic) bond motifs is 6. The summed E-state index contributed by atoms with van der Waals surface area (Å²) >= 11 is 0. The first-order valence-corrected chi connectivity index (χ1v) is 15.3. The zero-order valence-corrected chi connectivity index (χ0v) is 24.4. The molecule has 0 spiro atoms. The zero-order valence-electron chi connectivity index (χ0n) is 24.4. The molecule has 0 unspecified atom stereocenters. The zero-order chi connectivity index (χ0) is 29.7. The number of para-hydroxylation sites is 4. The van der Waals surface area contributed by atoms with Gasteiger partial charge >= 0.3 is 0 Å². The lowest BCUT2D eigenvalue weighted by Crippen LogP contribution is -1.94. The average Bonchev–Trinajstić information content (AvgIpc) is 3.65. The van der Waals surface area contributed by atoms with Gasteiger partial charge in [0.1, 0.15) is 11.2 Å². The molecular formula is C42H28N2O. The van der Waals surface area contributed by atoms with Gasteiger partial charge in [0.2, 0.25) is 0 Å². The van der Waals surface area contributed by atoms with Crippen molar-refractivity contribution in [3.05, 3.63) is 164 Å². The second-order valence-corrected chi connectivity index (χ2v) is 11.5. The highest BCUT2D eigenvalue weighted by Crippen LogP contribution is 2.40. The van der Waals surface area contributed by atoms with Crippen LogP contribution in [0.2, 0.25) is 0 Å². The van der Waals surface area contributed by atoms with Crippen molar-refractivity contribution >= 4 is 55.1 Å². The molecule has 0 aliphatic heterocycles. The molecular weight excluding hydrogens is 548 g/mol. The Balaban J connectivity index is 1.08. The minimum absolute atomic E-state index is 0.913. The van der Waals surface area contributed by atoms with Crippen LogP contribution < -0.4 is 5.32 Å². The first-order valence-electron chi connectivity index (χ1n) is 15.3. The van der Waals surface area contributed by atoms with Gasteiger partial charge in [0, 0.05) is 49.7 Å². The van der Waals surface area contributed by atoms with Gasteiger partial charge < -0.3 is 14.3 Å². The maximum atomic E-state index is 6.64. The minimum atomic E-state index is 0.913. The number of benzene rings is 7. The van der Waals surface area contributed by atoms with Crippen LogP contribution in [0.4, 0.5) is 11.4 Å². The van der Waals surface area contributed by atoms with Crippen molar-refractivity contribution < 1.29 is 4.42 Å². The van der Waals surface area contributed by atoms with E-state index in [1.165, 1.54) is 21.8 Å². The maximum absolute atomic E-state index is 6.64. The monoisotopic (exact) mass is 576 g/mol. The highest BCUT2D eigenvalue weighted by Gasteiger charge is 2.16. The summed E-state index contributed by atoms with van der Waals surface area (Å²) in [5, 5.41) is 8.40. The molecule has 3 nitrogen and oxygen atoms in total. The molecule has 1 N–H and O–H groups in total. The van der Waals surface area contributed by atoms with Gasteiger partial charge in [-0.25, -0.2) is 0 Å². The molecule has 2 heterocycles. The Labute approximate surface area is 260 Å². The van der Waals surface area contributed by atoms with E-state index in [4.69, 9.17) is 4.42 Å². The van der Waals surface area contributed by atoms with E-state index in [-0.39, 0.29) is 0 Å². The van der Waals surface area contributed by atoms with E-state index in [0.29, 0.717) is 0 Å². The molecule has 3 heteroatoms. The SMILES string of the molecule is c1ccc(-c2cccc3c2oc2c(-c4ccc(Nc5ccc6c7ccccc7n(-c7ccccc7)c6c5)cc4)cccc23)cc1. The fourth-order valence-corrected chi connectivity index (χ4v) is 6.70. The van der Waals surface area contributed by atoms with E-state index in [1.54, 1.807) is 0 Å². The van der Waals surface area contributed by atoms with Gasteiger partial charge in [0.25, 0.3) is 0 Å². The molecule has 0 atom stereocenters. The summed E-state index contributed by atoms with van der Waals surface area (Å²) in [5.41, 5.74) is 11.9. The molecule has 0 bridgehead atoms. The molecule has 0 radical (unpaired) electrons. The molecule has 7 aromatic carbocycles. The Morgan fingerprint density at radius 1 is 0.400 bits per heavy atom. The summed E-state index contributed by atoms with van der Waals surface area (Å²) in [4.78, 5) is 0. The van der Waals surface area contributed by atoms with E-state index >= 15 is 0 Å². The normalized spacial score (nSPS) is 11.6. The van der Waals surface area contributed by atoms with Crippen LogP contribution in [0.3, 0.4) is 0 Å². The number of nitrogens with zero attached hydrogens (tertiary/aromatic N) is 1. The van der Waals surface area contributed by atoms with E-state index in [9.17, 15) is 0 Å². The van der Waals surface area contributed by atoms with Crippen LogP contribution in [-0.2, 0) is 0 Å². The second-order valence-electron chi connectivity index (χ2n) is 11.5. The Morgan fingerprint density at radius 3 is 1.67 bits per heavy atom. The first-order chi connectivity index (χ1) is 22.3. The summed E-state index contributed by atoms with van der Waals surface area (Å²) in [5.74, 6) is 0. The lowest BCUT2D eigenvalue weighted by atomic mass is 10.00. The summed E-state index contributed by atoms with van der Waals surface area (Å²) in [7, 11) is 0. The standard InChI is InChI=1S/C42H28N2O/c1-3-11-28(12-4-1)33-16-9-18-37-38-19-10-17-34(42(38)45-41(33)37)29-21-23-30(24-22-29)43-31-25-26-36-35-15-7-8-20-39(35)44(40(36)27-31)32-13-5-2-6-14-32/h1-27,43H. The Kier molecular flexibility index (Phi) is 5.82. The molecule has 0 aliphatic carbocycles. The van der Waals surface area contributed by atoms with Gasteiger partial charge in [-0.05, 0) is 53.6 Å². The second kappa shape index (κ2) is 10.3. The largest absolute Gasteiger partial charge is 0.455 e. The molecule has 0 fully saturated rings. The summed E-state index contributed by atoms with van der Waals surface area (Å²) in [6.45, 7) is 0. The summed E-state index contributed by atoms with van der Waals surface area (Å²) in [6.07, 6.45) is 0. The Morgan fingerprint density at radius 2 is 0.956 bits per heavy atom. The van der Waals surface area contributed by atoms with E-state index < -0.39 is 0 Å². The third kappa shape index (κ3) is 4.21. The van der Waals surface area contributed by atoms with Crippen LogP contribution in [0, 0.1) is 0 Å².